The predicted octanol–water partition coefficient (Wildman–Crippen LogP) is 2.83. The zero-order valence-corrected chi connectivity index (χ0v) is 16.6. The van der Waals surface area contributed by atoms with Crippen LogP contribution in [0.3, 0.4) is 0 Å². The normalized spacial score (nSPS) is 16.4. The molecule has 4 heterocycles. The number of rotatable bonds is 3. The van der Waals surface area contributed by atoms with E-state index >= 15 is 0 Å². The number of hydrogen-bond acceptors (Lipinski definition) is 8. The minimum atomic E-state index is -0.650. The molecule has 4 aromatic rings. The Bertz CT molecular complexity index is 1330. The van der Waals surface area contributed by atoms with Crippen molar-refractivity contribution in [3.63, 3.8) is 0 Å². The molecule has 1 aliphatic rings. The van der Waals surface area contributed by atoms with Gasteiger partial charge >= 0.3 is 0 Å². The summed E-state index contributed by atoms with van der Waals surface area (Å²) in [6.45, 7) is 0.938. The lowest BCUT2D eigenvalue weighted by atomic mass is 10.0. The van der Waals surface area contributed by atoms with Gasteiger partial charge in [-0.2, -0.15) is 5.26 Å². The SMILES string of the molecule is N#Cc1c(N2CCC(O)C2)nc2sc(C(N)=O)c(N)c2c1-c1cc2ccccc2o1. The minimum absolute atomic E-state index is 0.190. The molecule has 0 saturated carbocycles. The summed E-state index contributed by atoms with van der Waals surface area (Å²) in [5.74, 6) is 0.249. The second-order valence-corrected chi connectivity index (χ2v) is 8.22. The lowest BCUT2D eigenvalue weighted by Crippen LogP contribution is -2.23. The number of thiophene rings is 1. The van der Waals surface area contributed by atoms with Gasteiger partial charge in [0.2, 0.25) is 0 Å². The number of primary amides is 1. The monoisotopic (exact) mass is 419 g/mol. The molecular formula is C21H17N5O3S. The van der Waals surface area contributed by atoms with Crippen LogP contribution in [0.15, 0.2) is 34.7 Å². The maximum atomic E-state index is 11.9. The molecule has 1 atom stereocenters. The fourth-order valence-electron chi connectivity index (χ4n) is 3.94. The zero-order chi connectivity index (χ0) is 21.0. The number of hydrogen-bond donors (Lipinski definition) is 3. The topological polar surface area (TPSA) is 142 Å². The number of para-hydroxylation sites is 1. The molecule has 150 valence electrons. The Balaban J connectivity index is 1.88. The highest BCUT2D eigenvalue weighted by Gasteiger charge is 2.30. The van der Waals surface area contributed by atoms with E-state index in [2.05, 4.69) is 11.1 Å². The van der Waals surface area contributed by atoms with Gasteiger partial charge in [-0.3, -0.25) is 4.79 Å². The summed E-state index contributed by atoms with van der Waals surface area (Å²) in [5, 5.41) is 21.4. The van der Waals surface area contributed by atoms with Crippen molar-refractivity contribution in [2.75, 3.05) is 23.7 Å². The second-order valence-electron chi connectivity index (χ2n) is 7.22. The number of nitriles is 1. The van der Waals surface area contributed by atoms with Crippen molar-refractivity contribution in [2.45, 2.75) is 12.5 Å². The van der Waals surface area contributed by atoms with E-state index in [-0.39, 0.29) is 16.1 Å². The second kappa shape index (κ2) is 6.73. The van der Waals surface area contributed by atoms with Gasteiger partial charge in [-0.25, -0.2) is 4.98 Å². The molecule has 1 aliphatic heterocycles. The molecule has 0 bridgehead atoms. The average Bonchev–Trinajstić information content (AvgIpc) is 3.43. The van der Waals surface area contributed by atoms with E-state index in [4.69, 9.17) is 15.9 Å². The van der Waals surface area contributed by atoms with Gasteiger partial charge in [0.05, 0.1) is 17.4 Å². The van der Waals surface area contributed by atoms with Gasteiger partial charge in [0.1, 0.15) is 38.5 Å². The smallest absolute Gasteiger partial charge is 0.260 e. The van der Waals surface area contributed by atoms with Crippen molar-refractivity contribution in [3.8, 4) is 17.4 Å². The predicted molar refractivity (Wildman–Crippen MR) is 115 cm³/mol. The summed E-state index contributed by atoms with van der Waals surface area (Å²) in [7, 11) is 0. The number of β-amino-alcohol motifs (C(OH)–C–C–N with tert-alkyl or cyclic N) is 1. The third kappa shape index (κ3) is 2.69. The van der Waals surface area contributed by atoms with Crippen LogP contribution in [0.4, 0.5) is 11.5 Å². The van der Waals surface area contributed by atoms with E-state index < -0.39 is 12.0 Å². The molecule has 30 heavy (non-hydrogen) atoms. The summed E-state index contributed by atoms with van der Waals surface area (Å²) >= 11 is 1.09. The summed E-state index contributed by atoms with van der Waals surface area (Å²) < 4.78 is 6.05. The molecular weight excluding hydrogens is 402 g/mol. The molecule has 5 rings (SSSR count). The van der Waals surface area contributed by atoms with Gasteiger partial charge in [-0.1, -0.05) is 18.2 Å². The zero-order valence-electron chi connectivity index (χ0n) is 15.8. The Morgan fingerprint density at radius 1 is 1.40 bits per heavy atom. The van der Waals surface area contributed by atoms with Gasteiger partial charge in [0.15, 0.2) is 0 Å². The Morgan fingerprint density at radius 3 is 2.87 bits per heavy atom. The Hall–Kier alpha value is -3.61. The molecule has 0 radical (unpaired) electrons. The number of aliphatic hydroxyl groups excluding tert-OH is 1. The number of nitrogens with zero attached hydrogens (tertiary/aromatic N) is 3. The third-order valence-electron chi connectivity index (χ3n) is 5.33. The first kappa shape index (κ1) is 18.4. The van der Waals surface area contributed by atoms with Crippen LogP contribution in [0.5, 0.6) is 0 Å². The first-order valence-corrected chi connectivity index (χ1v) is 10.2. The average molecular weight is 419 g/mol. The van der Waals surface area contributed by atoms with Crippen molar-refractivity contribution in [1.82, 2.24) is 4.98 Å². The van der Waals surface area contributed by atoms with Crippen LogP contribution < -0.4 is 16.4 Å². The van der Waals surface area contributed by atoms with Gasteiger partial charge in [-0.15, -0.1) is 11.3 Å². The number of amides is 1. The molecule has 0 aliphatic carbocycles. The van der Waals surface area contributed by atoms with E-state index in [1.165, 1.54) is 0 Å². The van der Waals surface area contributed by atoms with Crippen molar-refractivity contribution < 1.29 is 14.3 Å². The van der Waals surface area contributed by atoms with E-state index in [0.717, 1.165) is 16.7 Å². The van der Waals surface area contributed by atoms with E-state index in [1.807, 2.05) is 35.2 Å². The minimum Gasteiger partial charge on any atom is -0.456 e. The number of carbonyl (C=O) groups is 1. The third-order valence-corrected chi connectivity index (χ3v) is 6.44. The highest BCUT2D eigenvalue weighted by molar-refractivity contribution is 7.21. The highest BCUT2D eigenvalue weighted by atomic mass is 32.1. The summed E-state index contributed by atoms with van der Waals surface area (Å²) in [6.07, 6.45) is 0.0993. The molecule has 1 aromatic carbocycles. The molecule has 8 nitrogen and oxygen atoms in total. The van der Waals surface area contributed by atoms with Gasteiger partial charge in [-0.05, 0) is 18.6 Å². The number of anilines is 2. The summed E-state index contributed by atoms with van der Waals surface area (Å²) in [5.41, 5.74) is 13.4. The van der Waals surface area contributed by atoms with Crippen LogP contribution in [0, 0.1) is 11.3 Å². The highest BCUT2D eigenvalue weighted by Crippen LogP contribution is 2.45. The van der Waals surface area contributed by atoms with Gasteiger partial charge in [0, 0.05) is 23.9 Å². The number of nitrogens with two attached hydrogens (primary N) is 2. The van der Waals surface area contributed by atoms with Crippen LogP contribution in [-0.4, -0.2) is 35.2 Å². The molecule has 1 unspecified atom stereocenters. The van der Waals surface area contributed by atoms with Crippen molar-refractivity contribution in [1.29, 1.82) is 5.26 Å². The maximum absolute atomic E-state index is 11.9. The van der Waals surface area contributed by atoms with Gasteiger partial charge in [0.25, 0.3) is 5.91 Å². The Morgan fingerprint density at radius 2 is 2.20 bits per heavy atom. The van der Waals surface area contributed by atoms with Crippen LogP contribution in [-0.2, 0) is 0 Å². The molecule has 1 amide bonds. The maximum Gasteiger partial charge on any atom is 0.260 e. The first-order chi connectivity index (χ1) is 14.5. The van der Waals surface area contributed by atoms with E-state index in [0.29, 0.717) is 52.5 Å². The van der Waals surface area contributed by atoms with Crippen LogP contribution in [0.1, 0.15) is 21.7 Å². The largest absolute Gasteiger partial charge is 0.456 e. The number of aliphatic hydroxyl groups is 1. The molecule has 1 saturated heterocycles. The van der Waals surface area contributed by atoms with E-state index in [9.17, 15) is 15.2 Å². The van der Waals surface area contributed by atoms with E-state index in [1.54, 1.807) is 0 Å². The number of nitrogen functional groups attached to an aromatic ring is 1. The molecule has 5 N–H and O–H groups in total. The molecule has 9 heteroatoms. The summed E-state index contributed by atoms with van der Waals surface area (Å²) in [6, 6.07) is 11.6. The number of carbonyl (C=O) groups excluding carboxylic acids is 1. The fraction of sp³-hybridized carbons (Fsp3) is 0.190. The van der Waals surface area contributed by atoms with Gasteiger partial charge < -0.3 is 25.9 Å². The van der Waals surface area contributed by atoms with Crippen LogP contribution in [0.2, 0.25) is 0 Å². The van der Waals surface area contributed by atoms with Crippen LogP contribution >= 0.6 is 11.3 Å². The number of aromatic nitrogens is 1. The molecule has 0 spiro atoms. The lowest BCUT2D eigenvalue weighted by molar-refractivity contribution is 0.100. The Kier molecular flexibility index (Phi) is 4.13. The quantitative estimate of drug-likeness (QED) is 0.463. The fourth-order valence-corrected chi connectivity index (χ4v) is 4.90. The summed E-state index contributed by atoms with van der Waals surface area (Å²) in [4.78, 5) is 19.1. The van der Waals surface area contributed by atoms with Crippen molar-refractivity contribution in [3.05, 3.63) is 40.8 Å². The van der Waals surface area contributed by atoms with Crippen LogP contribution in [0.25, 0.3) is 32.5 Å². The number of benzene rings is 1. The Labute approximate surface area is 174 Å². The standard InChI is InChI=1S/C21H17N5O3S/c22-8-12-15(14-7-10-3-1-2-4-13(10)29-14)16-17(23)18(19(24)28)30-21(16)25-20(12)26-6-5-11(27)9-26/h1-4,7,11,27H,5-6,9,23H2,(H2,24,28). The van der Waals surface area contributed by atoms with Crippen molar-refractivity contribution >= 4 is 49.9 Å². The number of fused-ring (bicyclic) bond motifs is 2. The molecule has 3 aromatic heterocycles. The first-order valence-electron chi connectivity index (χ1n) is 9.35. The number of pyridine rings is 1. The number of furan rings is 1. The lowest BCUT2D eigenvalue weighted by Gasteiger charge is -2.19. The molecule has 1 fully saturated rings. The van der Waals surface area contributed by atoms with Crippen molar-refractivity contribution in [2.24, 2.45) is 5.73 Å².